The Morgan fingerprint density at radius 2 is 2.47 bits per heavy atom. The number of nitrogens with zero attached hydrogens (tertiary/aromatic N) is 3. The highest BCUT2D eigenvalue weighted by Crippen LogP contribution is 2.27. The molecule has 4 heteroatoms. The molecule has 1 atom stereocenters. The zero-order chi connectivity index (χ0) is 12.3. The van der Waals surface area contributed by atoms with Crippen LogP contribution in [0.15, 0.2) is 12.3 Å². The maximum Gasteiger partial charge on any atom is 0.146 e. The Bertz CT molecular complexity index is 439. The maximum absolute atomic E-state index is 9.23. The summed E-state index contributed by atoms with van der Waals surface area (Å²) in [4.78, 5) is 6.66. The molecule has 1 aliphatic heterocycles. The van der Waals surface area contributed by atoms with Gasteiger partial charge in [-0.15, -0.1) is 0 Å². The van der Waals surface area contributed by atoms with E-state index in [4.69, 9.17) is 0 Å². The average molecular weight is 247 g/mol. The van der Waals surface area contributed by atoms with Crippen molar-refractivity contribution in [3.8, 4) is 6.07 Å². The van der Waals surface area contributed by atoms with Gasteiger partial charge < -0.3 is 4.90 Å². The molecule has 1 saturated heterocycles. The molecule has 0 N–H and O–H groups in total. The van der Waals surface area contributed by atoms with Crippen molar-refractivity contribution in [2.75, 3.05) is 23.7 Å². The van der Waals surface area contributed by atoms with E-state index in [-0.39, 0.29) is 0 Å². The Labute approximate surface area is 107 Å². The van der Waals surface area contributed by atoms with Gasteiger partial charge in [0.15, 0.2) is 0 Å². The molecule has 90 valence electrons. The first kappa shape index (κ1) is 12.3. The summed E-state index contributed by atoms with van der Waals surface area (Å²) in [6.45, 7) is 6.19. The third-order valence-electron chi connectivity index (χ3n) is 3.14. The summed E-state index contributed by atoms with van der Waals surface area (Å²) >= 11 is 2.03. The van der Waals surface area contributed by atoms with Crippen molar-refractivity contribution in [1.82, 2.24) is 4.98 Å². The topological polar surface area (TPSA) is 39.9 Å². The van der Waals surface area contributed by atoms with E-state index in [0.717, 1.165) is 35.8 Å². The molecule has 0 radical (unpaired) electrons. The fraction of sp³-hybridized carbons (Fsp3) is 0.538. The third-order valence-corrected chi connectivity index (χ3v) is 4.52. The van der Waals surface area contributed by atoms with Crippen LogP contribution in [0.5, 0.6) is 0 Å². The van der Waals surface area contributed by atoms with Crippen molar-refractivity contribution in [3.05, 3.63) is 23.4 Å². The fourth-order valence-corrected chi connectivity index (χ4v) is 3.26. The molecule has 2 heterocycles. The van der Waals surface area contributed by atoms with Crippen LogP contribution in [0.2, 0.25) is 0 Å². The molecule has 1 fully saturated rings. The van der Waals surface area contributed by atoms with Gasteiger partial charge in [0.1, 0.15) is 11.9 Å². The number of aryl methyl sites for hydroxylation is 1. The predicted molar refractivity (Wildman–Crippen MR) is 72.4 cm³/mol. The van der Waals surface area contributed by atoms with Crippen LogP contribution in [-0.4, -0.2) is 29.1 Å². The van der Waals surface area contributed by atoms with Gasteiger partial charge in [0.25, 0.3) is 0 Å². The molecular formula is C13H17N3S. The van der Waals surface area contributed by atoms with Gasteiger partial charge in [-0.2, -0.15) is 17.0 Å². The molecule has 1 aliphatic rings. The second kappa shape index (κ2) is 5.42. The minimum atomic E-state index is 0.664. The summed E-state index contributed by atoms with van der Waals surface area (Å²) in [5, 5.41) is 9.90. The Morgan fingerprint density at radius 3 is 3.18 bits per heavy atom. The number of thioether (sulfide) groups is 1. The molecular weight excluding hydrogens is 230 g/mol. The molecule has 1 aromatic heterocycles. The van der Waals surface area contributed by atoms with E-state index in [0.29, 0.717) is 5.25 Å². The van der Waals surface area contributed by atoms with E-state index in [1.807, 2.05) is 24.8 Å². The summed E-state index contributed by atoms with van der Waals surface area (Å²) in [5.74, 6) is 1.99. The van der Waals surface area contributed by atoms with Gasteiger partial charge in [0.05, 0.1) is 5.56 Å². The molecule has 0 aromatic carbocycles. The lowest BCUT2D eigenvalue weighted by Gasteiger charge is -2.33. The van der Waals surface area contributed by atoms with E-state index in [1.54, 1.807) is 6.20 Å². The fourth-order valence-electron chi connectivity index (χ4n) is 2.08. The molecule has 2 rings (SSSR count). The summed E-state index contributed by atoms with van der Waals surface area (Å²) in [5.41, 5.74) is 1.75. The van der Waals surface area contributed by atoms with Crippen LogP contribution >= 0.6 is 11.8 Å². The van der Waals surface area contributed by atoms with Gasteiger partial charge in [-0.1, -0.05) is 6.92 Å². The zero-order valence-electron chi connectivity index (χ0n) is 10.3. The second-order valence-electron chi connectivity index (χ2n) is 4.29. The molecule has 0 saturated carbocycles. The molecule has 3 nitrogen and oxygen atoms in total. The molecule has 0 spiro atoms. The van der Waals surface area contributed by atoms with E-state index in [9.17, 15) is 5.26 Å². The summed E-state index contributed by atoms with van der Waals surface area (Å²) in [6, 6.07) is 4.18. The van der Waals surface area contributed by atoms with Gasteiger partial charge in [-0.05, 0) is 25.0 Å². The van der Waals surface area contributed by atoms with Crippen molar-refractivity contribution >= 4 is 17.6 Å². The van der Waals surface area contributed by atoms with Crippen LogP contribution in [0, 0.1) is 18.3 Å². The number of nitriles is 1. The van der Waals surface area contributed by atoms with Gasteiger partial charge in [0, 0.05) is 30.3 Å². The lowest BCUT2D eigenvalue weighted by Crippen LogP contribution is -2.38. The number of hydrogen-bond acceptors (Lipinski definition) is 4. The first-order valence-corrected chi connectivity index (χ1v) is 7.03. The van der Waals surface area contributed by atoms with E-state index >= 15 is 0 Å². The van der Waals surface area contributed by atoms with Crippen molar-refractivity contribution < 1.29 is 0 Å². The van der Waals surface area contributed by atoms with Crippen LogP contribution in [0.1, 0.15) is 24.5 Å². The second-order valence-corrected chi connectivity index (χ2v) is 5.69. The first-order chi connectivity index (χ1) is 8.26. The number of anilines is 1. The molecule has 17 heavy (non-hydrogen) atoms. The number of hydrogen-bond donors (Lipinski definition) is 0. The predicted octanol–water partition coefficient (Wildman–Crippen LogP) is 2.59. The van der Waals surface area contributed by atoms with Crippen molar-refractivity contribution in [1.29, 1.82) is 5.26 Å². The highest BCUT2D eigenvalue weighted by molar-refractivity contribution is 8.00. The van der Waals surface area contributed by atoms with Crippen LogP contribution in [-0.2, 0) is 0 Å². The van der Waals surface area contributed by atoms with Crippen LogP contribution in [0.25, 0.3) is 0 Å². The van der Waals surface area contributed by atoms with E-state index in [1.165, 1.54) is 6.42 Å². The standard InChI is InChI=1S/C13H17N3S/c1-3-11-9-16(6-7-17-11)13-12(8-14)10(2)4-5-15-13/h4-5,11H,3,6-7,9H2,1-2H3. The largest absolute Gasteiger partial charge is 0.354 e. The Hall–Kier alpha value is -1.21. The summed E-state index contributed by atoms with van der Waals surface area (Å²) in [6.07, 6.45) is 2.98. The smallest absolute Gasteiger partial charge is 0.146 e. The SMILES string of the molecule is CCC1CN(c2nccc(C)c2C#N)CCS1. The zero-order valence-corrected chi connectivity index (χ0v) is 11.1. The molecule has 0 aliphatic carbocycles. The normalized spacial score (nSPS) is 20.1. The van der Waals surface area contributed by atoms with Crippen LogP contribution in [0.3, 0.4) is 0 Å². The van der Waals surface area contributed by atoms with E-state index < -0.39 is 0 Å². The van der Waals surface area contributed by atoms with Crippen molar-refractivity contribution in [3.63, 3.8) is 0 Å². The molecule has 1 aromatic rings. The maximum atomic E-state index is 9.23. The Balaban J connectivity index is 2.28. The minimum Gasteiger partial charge on any atom is -0.354 e. The highest BCUT2D eigenvalue weighted by atomic mass is 32.2. The number of rotatable bonds is 2. The third kappa shape index (κ3) is 2.55. The van der Waals surface area contributed by atoms with Crippen molar-refractivity contribution in [2.45, 2.75) is 25.5 Å². The lowest BCUT2D eigenvalue weighted by atomic mass is 10.1. The van der Waals surface area contributed by atoms with Crippen LogP contribution < -0.4 is 4.90 Å². The van der Waals surface area contributed by atoms with Gasteiger partial charge in [0.2, 0.25) is 0 Å². The lowest BCUT2D eigenvalue weighted by molar-refractivity contribution is 0.719. The number of pyridine rings is 1. The summed E-state index contributed by atoms with van der Waals surface area (Å²) in [7, 11) is 0. The average Bonchev–Trinajstić information content (AvgIpc) is 2.38. The minimum absolute atomic E-state index is 0.664. The quantitative estimate of drug-likeness (QED) is 0.805. The van der Waals surface area contributed by atoms with E-state index in [2.05, 4.69) is 22.9 Å². The van der Waals surface area contributed by atoms with Crippen molar-refractivity contribution in [2.24, 2.45) is 0 Å². The Kier molecular flexibility index (Phi) is 3.90. The number of aromatic nitrogens is 1. The monoisotopic (exact) mass is 247 g/mol. The van der Waals surface area contributed by atoms with Gasteiger partial charge >= 0.3 is 0 Å². The highest BCUT2D eigenvalue weighted by Gasteiger charge is 2.22. The van der Waals surface area contributed by atoms with Gasteiger partial charge in [-0.3, -0.25) is 0 Å². The van der Waals surface area contributed by atoms with Gasteiger partial charge in [-0.25, -0.2) is 4.98 Å². The Morgan fingerprint density at radius 1 is 1.65 bits per heavy atom. The molecule has 0 bridgehead atoms. The van der Waals surface area contributed by atoms with Crippen LogP contribution in [0.4, 0.5) is 5.82 Å². The first-order valence-electron chi connectivity index (χ1n) is 5.98. The molecule has 0 amide bonds. The molecule has 1 unspecified atom stereocenters. The summed E-state index contributed by atoms with van der Waals surface area (Å²) < 4.78 is 0.